The predicted octanol–water partition coefficient (Wildman–Crippen LogP) is -3.55. The van der Waals surface area contributed by atoms with Gasteiger partial charge in [-0.25, -0.2) is 0 Å². The van der Waals surface area contributed by atoms with Gasteiger partial charge >= 0.3 is 0 Å². The molecule has 17 nitrogen and oxygen atoms in total. The molecule has 1 fully saturated rings. The SMILES string of the molecule is CC(C)C[C@@H](NC(=O)[C@@H](O)CC(=O)N[C@@H](CCCN=C(N)N)C(=O)N1CCC[C@H]1C(N)=O)C(=O)NCCCCN=C(N)N. The number of amides is 5. The molecular weight excluding hydrogens is 562 g/mol. The topological polar surface area (TPSA) is 300 Å². The fraction of sp³-hybridized carbons (Fsp3) is 0.731. The first-order valence-corrected chi connectivity index (χ1v) is 14.5. The van der Waals surface area contributed by atoms with Gasteiger partial charge in [0, 0.05) is 26.2 Å². The Morgan fingerprint density at radius 2 is 1.51 bits per heavy atom. The predicted molar refractivity (Wildman–Crippen MR) is 161 cm³/mol. The molecular formula is C26H49N11O6. The zero-order valence-electron chi connectivity index (χ0n) is 25.1. The number of guanidine groups is 2. The maximum atomic E-state index is 13.3. The van der Waals surface area contributed by atoms with Crippen LogP contribution in [0.4, 0.5) is 0 Å². The van der Waals surface area contributed by atoms with Crippen LogP contribution in [0.1, 0.15) is 65.2 Å². The molecule has 0 aromatic carbocycles. The third-order valence-electron chi connectivity index (χ3n) is 6.64. The van der Waals surface area contributed by atoms with Crippen molar-refractivity contribution in [3.8, 4) is 0 Å². The molecule has 0 aliphatic carbocycles. The smallest absolute Gasteiger partial charge is 0.250 e. The number of nitrogens with zero attached hydrogens (tertiary/aromatic N) is 3. The number of aliphatic imine (C=N–C) groups is 2. The molecule has 43 heavy (non-hydrogen) atoms. The lowest BCUT2D eigenvalue weighted by Crippen LogP contribution is -2.54. The van der Waals surface area contributed by atoms with Crippen molar-refractivity contribution in [2.75, 3.05) is 26.2 Å². The largest absolute Gasteiger partial charge is 0.383 e. The molecule has 5 amide bonds. The van der Waals surface area contributed by atoms with Crippen LogP contribution in [0.2, 0.25) is 0 Å². The van der Waals surface area contributed by atoms with E-state index in [0.717, 1.165) is 0 Å². The average molecular weight is 612 g/mol. The highest BCUT2D eigenvalue weighted by molar-refractivity contribution is 5.94. The summed E-state index contributed by atoms with van der Waals surface area (Å²) in [5, 5.41) is 18.3. The number of carbonyl (C=O) groups is 5. The monoisotopic (exact) mass is 611 g/mol. The molecule has 0 unspecified atom stereocenters. The first-order valence-electron chi connectivity index (χ1n) is 14.5. The van der Waals surface area contributed by atoms with Gasteiger partial charge in [0.2, 0.25) is 29.5 Å². The molecule has 0 bridgehead atoms. The number of aliphatic hydroxyl groups excluding tert-OH is 1. The fourth-order valence-corrected chi connectivity index (χ4v) is 4.56. The van der Waals surface area contributed by atoms with Gasteiger partial charge in [0.1, 0.15) is 24.2 Å². The third kappa shape index (κ3) is 14.5. The summed E-state index contributed by atoms with van der Waals surface area (Å²) in [6.07, 6.45) is 0.555. The lowest BCUT2D eigenvalue weighted by molar-refractivity contribution is -0.142. The number of hydrogen-bond donors (Lipinski definition) is 9. The summed E-state index contributed by atoms with van der Waals surface area (Å²) in [5.41, 5.74) is 26.7. The molecule has 1 heterocycles. The van der Waals surface area contributed by atoms with Crippen molar-refractivity contribution in [1.29, 1.82) is 0 Å². The number of primary amides is 1. The van der Waals surface area contributed by atoms with Crippen molar-refractivity contribution in [3.05, 3.63) is 0 Å². The van der Waals surface area contributed by atoms with E-state index in [1.807, 2.05) is 13.8 Å². The number of nitrogens with two attached hydrogens (primary N) is 5. The van der Waals surface area contributed by atoms with E-state index in [9.17, 15) is 29.1 Å². The summed E-state index contributed by atoms with van der Waals surface area (Å²) in [5.74, 6) is -3.36. The van der Waals surface area contributed by atoms with E-state index in [0.29, 0.717) is 58.2 Å². The molecule has 1 rings (SSSR count). The van der Waals surface area contributed by atoms with Crippen LogP contribution in [0, 0.1) is 5.92 Å². The van der Waals surface area contributed by atoms with Gasteiger partial charge in [-0.1, -0.05) is 13.8 Å². The minimum Gasteiger partial charge on any atom is -0.383 e. The Hall–Kier alpha value is -4.15. The number of carbonyl (C=O) groups excluding carboxylic acids is 5. The van der Waals surface area contributed by atoms with E-state index < -0.39 is 60.2 Å². The van der Waals surface area contributed by atoms with Crippen LogP contribution in [0.25, 0.3) is 0 Å². The molecule has 1 aliphatic heterocycles. The zero-order valence-corrected chi connectivity index (χ0v) is 25.1. The van der Waals surface area contributed by atoms with Crippen molar-refractivity contribution in [3.63, 3.8) is 0 Å². The third-order valence-corrected chi connectivity index (χ3v) is 6.64. The molecule has 0 aromatic heterocycles. The molecule has 0 saturated carbocycles. The molecule has 0 radical (unpaired) electrons. The molecule has 4 atom stereocenters. The molecule has 0 spiro atoms. The van der Waals surface area contributed by atoms with Crippen LogP contribution in [-0.2, 0) is 24.0 Å². The van der Waals surface area contributed by atoms with Crippen molar-refractivity contribution in [1.82, 2.24) is 20.9 Å². The van der Waals surface area contributed by atoms with Gasteiger partial charge in [0.15, 0.2) is 11.9 Å². The Morgan fingerprint density at radius 1 is 0.884 bits per heavy atom. The first-order chi connectivity index (χ1) is 20.2. The molecule has 1 aliphatic rings. The highest BCUT2D eigenvalue weighted by Crippen LogP contribution is 2.19. The van der Waals surface area contributed by atoms with Gasteiger partial charge in [0.05, 0.1) is 6.42 Å². The maximum absolute atomic E-state index is 13.3. The van der Waals surface area contributed by atoms with E-state index in [-0.39, 0.29) is 30.8 Å². The number of likely N-dealkylation sites (tertiary alicyclic amines) is 1. The lowest BCUT2D eigenvalue weighted by atomic mass is 10.0. The van der Waals surface area contributed by atoms with Crippen LogP contribution < -0.4 is 44.6 Å². The van der Waals surface area contributed by atoms with Crippen LogP contribution in [0.3, 0.4) is 0 Å². The summed E-state index contributed by atoms with van der Waals surface area (Å²) in [6.45, 7) is 5.00. The standard InChI is InChI=1S/C26H49N11O6/c1-15(2)13-17(22(41)32-9-3-4-10-33-25(28)29)36-23(42)19(38)14-20(39)35-16(7-5-11-34-26(30)31)24(43)37-12-6-8-18(37)21(27)40/h15-19,38H,3-14H2,1-2H3,(H2,27,40)(H,32,41)(H,35,39)(H,36,42)(H4,28,29,33)(H4,30,31,34)/t16-,17+,18-,19-/m0/s1. The van der Waals surface area contributed by atoms with Crippen LogP contribution in [0.5, 0.6) is 0 Å². The van der Waals surface area contributed by atoms with Gasteiger partial charge in [-0.2, -0.15) is 0 Å². The summed E-state index contributed by atoms with van der Waals surface area (Å²) >= 11 is 0. The van der Waals surface area contributed by atoms with Crippen LogP contribution >= 0.6 is 0 Å². The second-order valence-corrected chi connectivity index (χ2v) is 10.9. The molecule has 14 N–H and O–H groups in total. The van der Waals surface area contributed by atoms with Crippen molar-refractivity contribution in [2.24, 2.45) is 44.6 Å². The van der Waals surface area contributed by atoms with Gasteiger partial charge in [0.25, 0.3) is 0 Å². The summed E-state index contributed by atoms with van der Waals surface area (Å²) < 4.78 is 0. The molecule has 244 valence electrons. The second-order valence-electron chi connectivity index (χ2n) is 10.9. The molecule has 17 heteroatoms. The van der Waals surface area contributed by atoms with Crippen LogP contribution in [0.15, 0.2) is 9.98 Å². The quantitative estimate of drug-likeness (QED) is 0.0393. The number of aliphatic hydroxyl groups is 1. The first kappa shape index (κ1) is 36.9. The Bertz CT molecular complexity index is 1010. The highest BCUT2D eigenvalue weighted by atomic mass is 16.3. The van der Waals surface area contributed by atoms with E-state index in [4.69, 9.17) is 28.7 Å². The average Bonchev–Trinajstić information content (AvgIpc) is 3.41. The fourth-order valence-electron chi connectivity index (χ4n) is 4.56. The molecule has 1 saturated heterocycles. The number of hydrogen-bond acceptors (Lipinski definition) is 8. The van der Waals surface area contributed by atoms with Gasteiger partial charge in [-0.3, -0.25) is 34.0 Å². The Morgan fingerprint density at radius 3 is 2.09 bits per heavy atom. The summed E-state index contributed by atoms with van der Waals surface area (Å²) in [4.78, 5) is 72.4. The molecule has 0 aromatic rings. The zero-order chi connectivity index (χ0) is 32.5. The summed E-state index contributed by atoms with van der Waals surface area (Å²) in [7, 11) is 0. The van der Waals surface area contributed by atoms with Gasteiger partial charge in [-0.05, 0) is 50.9 Å². The van der Waals surface area contributed by atoms with E-state index in [1.54, 1.807) is 0 Å². The maximum Gasteiger partial charge on any atom is 0.250 e. The van der Waals surface area contributed by atoms with E-state index >= 15 is 0 Å². The highest BCUT2D eigenvalue weighted by Gasteiger charge is 2.37. The van der Waals surface area contributed by atoms with Gasteiger partial charge in [-0.15, -0.1) is 0 Å². The number of unbranched alkanes of at least 4 members (excludes halogenated alkanes) is 1. The minimum atomic E-state index is -1.79. The van der Waals surface area contributed by atoms with Crippen molar-refractivity contribution >= 4 is 41.5 Å². The Kier molecular flexibility index (Phi) is 16.4. The number of nitrogens with one attached hydrogen (secondary N) is 3. The summed E-state index contributed by atoms with van der Waals surface area (Å²) in [6, 6.07) is -2.79. The Labute approximate surface area is 251 Å². The van der Waals surface area contributed by atoms with E-state index in [1.165, 1.54) is 4.90 Å². The normalized spacial score (nSPS) is 16.5. The second kappa shape index (κ2) is 19.1. The van der Waals surface area contributed by atoms with E-state index in [2.05, 4.69) is 25.9 Å². The lowest BCUT2D eigenvalue weighted by Gasteiger charge is -2.28. The minimum absolute atomic E-state index is 0.00994. The van der Waals surface area contributed by atoms with Crippen molar-refractivity contribution < 1.29 is 29.1 Å². The Balaban J connectivity index is 2.79. The van der Waals surface area contributed by atoms with Gasteiger partial charge < -0.3 is 54.6 Å². The van der Waals surface area contributed by atoms with Crippen molar-refractivity contribution in [2.45, 2.75) is 89.4 Å². The number of rotatable bonds is 19. The van der Waals surface area contributed by atoms with Crippen LogP contribution in [-0.4, -0.2) is 102 Å².